The van der Waals surface area contributed by atoms with E-state index in [1.807, 2.05) is 30.3 Å². The highest BCUT2D eigenvalue weighted by atomic mass is 35.5. The molecular formula is C20H24ClN3O3. The van der Waals surface area contributed by atoms with Crippen LogP contribution in [0.4, 0.5) is 0 Å². The summed E-state index contributed by atoms with van der Waals surface area (Å²) in [6.45, 7) is 2.68. The van der Waals surface area contributed by atoms with E-state index in [1.165, 1.54) is 6.92 Å². The third-order valence-corrected chi connectivity index (χ3v) is 4.28. The number of pyridine rings is 1. The number of carbonyl (C=O) groups excluding carboxylic acids is 2. The molecule has 1 aromatic heterocycles. The van der Waals surface area contributed by atoms with Crippen LogP contribution >= 0.6 is 11.6 Å². The summed E-state index contributed by atoms with van der Waals surface area (Å²) in [4.78, 5) is 30.5. The van der Waals surface area contributed by atoms with Gasteiger partial charge in [-0.05, 0) is 29.8 Å². The first-order valence-electron chi connectivity index (χ1n) is 8.68. The summed E-state index contributed by atoms with van der Waals surface area (Å²) in [7, 11) is 1.59. The molecule has 1 N–H and O–H groups in total. The van der Waals surface area contributed by atoms with Crippen molar-refractivity contribution in [2.75, 3.05) is 20.3 Å². The van der Waals surface area contributed by atoms with E-state index >= 15 is 0 Å². The lowest BCUT2D eigenvalue weighted by atomic mass is 10.0. The molecule has 1 atom stereocenters. The van der Waals surface area contributed by atoms with Gasteiger partial charge < -0.3 is 15.0 Å². The second-order valence-electron chi connectivity index (χ2n) is 6.14. The van der Waals surface area contributed by atoms with Gasteiger partial charge in [-0.2, -0.15) is 0 Å². The maximum absolute atomic E-state index is 13.0. The second kappa shape index (κ2) is 10.6. The quantitative estimate of drug-likeness (QED) is 0.715. The number of rotatable bonds is 9. The van der Waals surface area contributed by atoms with Crippen LogP contribution in [0.3, 0.4) is 0 Å². The molecule has 144 valence electrons. The van der Waals surface area contributed by atoms with Crippen LogP contribution in [0, 0.1) is 0 Å². The third kappa shape index (κ3) is 7.00. The van der Waals surface area contributed by atoms with Crippen molar-refractivity contribution in [3.8, 4) is 0 Å². The summed E-state index contributed by atoms with van der Waals surface area (Å²) in [5, 5.41) is 3.45. The predicted molar refractivity (Wildman–Crippen MR) is 104 cm³/mol. The van der Waals surface area contributed by atoms with E-state index in [0.717, 1.165) is 11.3 Å². The maximum Gasteiger partial charge on any atom is 0.225 e. The number of ether oxygens (including phenoxy) is 1. The van der Waals surface area contributed by atoms with Gasteiger partial charge in [0.25, 0.3) is 0 Å². The lowest BCUT2D eigenvalue weighted by Gasteiger charge is -2.25. The normalized spacial score (nSPS) is 11.7. The highest BCUT2D eigenvalue weighted by Gasteiger charge is 2.22. The van der Waals surface area contributed by atoms with Gasteiger partial charge in [0.05, 0.1) is 31.3 Å². The third-order valence-electron chi connectivity index (χ3n) is 4.03. The number of aromatic nitrogens is 1. The Hall–Kier alpha value is -2.44. The number of benzene rings is 1. The Balaban J connectivity index is 2.14. The van der Waals surface area contributed by atoms with Gasteiger partial charge in [0.2, 0.25) is 11.8 Å². The molecule has 6 nitrogen and oxygen atoms in total. The number of hydrogen-bond donors (Lipinski definition) is 1. The van der Waals surface area contributed by atoms with Crippen molar-refractivity contribution < 1.29 is 14.3 Å². The molecule has 7 heteroatoms. The first-order chi connectivity index (χ1) is 13.0. The molecule has 0 aliphatic carbocycles. The topological polar surface area (TPSA) is 71.5 Å². The number of carbonyl (C=O) groups is 2. The fourth-order valence-electron chi connectivity index (χ4n) is 2.68. The zero-order valence-electron chi connectivity index (χ0n) is 15.5. The standard InChI is InChI=1S/C20H24ClN3O3/c1-15(25)23-19(16-6-8-17(21)9-7-16)13-20(26)24(11-12-27-2)14-18-5-3-4-10-22-18/h3-10,19H,11-14H2,1-2H3,(H,23,25). The monoisotopic (exact) mass is 389 g/mol. The molecule has 1 aromatic carbocycles. The lowest BCUT2D eigenvalue weighted by molar-refractivity contribution is -0.133. The first kappa shape index (κ1) is 20.9. The number of hydrogen-bond acceptors (Lipinski definition) is 4. The van der Waals surface area contributed by atoms with E-state index in [9.17, 15) is 9.59 Å². The van der Waals surface area contributed by atoms with Crippen molar-refractivity contribution in [1.29, 1.82) is 0 Å². The summed E-state index contributed by atoms with van der Waals surface area (Å²) in [6.07, 6.45) is 1.83. The van der Waals surface area contributed by atoms with Crippen LogP contribution in [0.15, 0.2) is 48.7 Å². The molecule has 27 heavy (non-hydrogen) atoms. The first-order valence-corrected chi connectivity index (χ1v) is 9.06. The minimum absolute atomic E-state index is 0.0913. The van der Waals surface area contributed by atoms with E-state index in [0.29, 0.717) is 24.7 Å². The van der Waals surface area contributed by atoms with Crippen molar-refractivity contribution >= 4 is 23.4 Å². The Morgan fingerprint density at radius 3 is 2.56 bits per heavy atom. The van der Waals surface area contributed by atoms with Crippen molar-refractivity contribution in [3.63, 3.8) is 0 Å². The molecule has 0 radical (unpaired) electrons. The Bertz CT molecular complexity index is 738. The fourth-order valence-corrected chi connectivity index (χ4v) is 2.80. The summed E-state index contributed by atoms with van der Waals surface area (Å²) >= 11 is 5.94. The highest BCUT2D eigenvalue weighted by Crippen LogP contribution is 2.21. The minimum atomic E-state index is -0.430. The van der Waals surface area contributed by atoms with Gasteiger partial charge in [-0.15, -0.1) is 0 Å². The van der Waals surface area contributed by atoms with Gasteiger partial charge >= 0.3 is 0 Å². The largest absolute Gasteiger partial charge is 0.383 e. The van der Waals surface area contributed by atoms with Crippen molar-refractivity contribution in [2.24, 2.45) is 0 Å². The Morgan fingerprint density at radius 2 is 1.96 bits per heavy atom. The molecule has 0 aliphatic heterocycles. The fraction of sp³-hybridized carbons (Fsp3) is 0.350. The molecule has 0 saturated carbocycles. The molecule has 0 bridgehead atoms. The summed E-state index contributed by atoms with van der Waals surface area (Å²) in [5.74, 6) is -0.290. The second-order valence-corrected chi connectivity index (χ2v) is 6.57. The molecule has 2 amide bonds. The van der Waals surface area contributed by atoms with Gasteiger partial charge in [-0.3, -0.25) is 14.6 Å². The van der Waals surface area contributed by atoms with Crippen LogP contribution in [-0.2, 0) is 20.9 Å². The molecule has 0 fully saturated rings. The van der Waals surface area contributed by atoms with E-state index in [-0.39, 0.29) is 18.2 Å². The van der Waals surface area contributed by atoms with Gasteiger partial charge in [0.1, 0.15) is 0 Å². The number of halogens is 1. The zero-order valence-corrected chi connectivity index (χ0v) is 16.3. The molecule has 0 aliphatic rings. The molecule has 2 aromatic rings. The highest BCUT2D eigenvalue weighted by molar-refractivity contribution is 6.30. The van der Waals surface area contributed by atoms with E-state index in [4.69, 9.17) is 16.3 Å². The summed E-state index contributed by atoms with van der Waals surface area (Å²) in [5.41, 5.74) is 1.62. The van der Waals surface area contributed by atoms with Gasteiger partial charge in [-0.1, -0.05) is 29.8 Å². The predicted octanol–water partition coefficient (Wildman–Crippen LogP) is 2.98. The van der Waals surface area contributed by atoms with Gasteiger partial charge in [0, 0.05) is 31.8 Å². The molecule has 2 rings (SSSR count). The van der Waals surface area contributed by atoms with Crippen molar-refractivity contribution in [2.45, 2.75) is 25.9 Å². The Kier molecular flexibility index (Phi) is 8.23. The zero-order chi connectivity index (χ0) is 19.6. The van der Waals surface area contributed by atoms with Crippen LogP contribution < -0.4 is 5.32 Å². The van der Waals surface area contributed by atoms with Crippen molar-refractivity contribution in [3.05, 3.63) is 64.9 Å². The average Bonchev–Trinajstić information content (AvgIpc) is 2.65. The van der Waals surface area contributed by atoms with E-state index in [1.54, 1.807) is 30.3 Å². The van der Waals surface area contributed by atoms with Crippen LogP contribution in [0.25, 0.3) is 0 Å². The summed E-state index contributed by atoms with van der Waals surface area (Å²) in [6, 6.07) is 12.3. The molecular weight excluding hydrogens is 366 g/mol. The van der Waals surface area contributed by atoms with Crippen molar-refractivity contribution in [1.82, 2.24) is 15.2 Å². The Morgan fingerprint density at radius 1 is 1.22 bits per heavy atom. The van der Waals surface area contributed by atoms with E-state index in [2.05, 4.69) is 10.3 Å². The number of nitrogens with one attached hydrogen (secondary N) is 1. The van der Waals surface area contributed by atoms with Crippen LogP contribution in [0.5, 0.6) is 0 Å². The minimum Gasteiger partial charge on any atom is -0.383 e. The molecule has 0 spiro atoms. The maximum atomic E-state index is 13.0. The average molecular weight is 390 g/mol. The Labute approximate surface area is 164 Å². The molecule has 0 saturated heterocycles. The van der Waals surface area contributed by atoms with Gasteiger partial charge in [-0.25, -0.2) is 0 Å². The van der Waals surface area contributed by atoms with Crippen LogP contribution in [0.1, 0.15) is 30.6 Å². The summed E-state index contributed by atoms with van der Waals surface area (Å²) < 4.78 is 5.13. The van der Waals surface area contributed by atoms with Gasteiger partial charge in [0.15, 0.2) is 0 Å². The number of amides is 2. The number of methoxy groups -OCH3 is 1. The number of nitrogens with zero attached hydrogens (tertiary/aromatic N) is 2. The lowest BCUT2D eigenvalue weighted by Crippen LogP contribution is -2.37. The van der Waals surface area contributed by atoms with Crippen LogP contribution in [0.2, 0.25) is 5.02 Å². The SMILES string of the molecule is COCCN(Cc1ccccn1)C(=O)CC(NC(C)=O)c1ccc(Cl)cc1. The molecule has 1 heterocycles. The van der Waals surface area contributed by atoms with E-state index < -0.39 is 6.04 Å². The smallest absolute Gasteiger partial charge is 0.225 e. The molecule has 1 unspecified atom stereocenters. The van der Waals surface area contributed by atoms with Crippen LogP contribution in [-0.4, -0.2) is 42.0 Å².